The molecule has 1 atom stereocenters. The summed E-state index contributed by atoms with van der Waals surface area (Å²) >= 11 is 1.83. The molecular weight excluding hydrogens is 360 g/mol. The SMILES string of the molecule is COc1ccc(CNCCSC)c(OC[C@H](O)CN2CCCCCCC2)c1. The molecule has 0 radical (unpaired) electrons. The highest BCUT2D eigenvalue weighted by Gasteiger charge is 2.15. The van der Waals surface area contributed by atoms with Crippen LogP contribution in [0.25, 0.3) is 0 Å². The number of rotatable bonds is 11. The maximum absolute atomic E-state index is 10.5. The lowest BCUT2D eigenvalue weighted by Crippen LogP contribution is -2.37. The molecule has 0 bridgehead atoms. The lowest BCUT2D eigenvalue weighted by atomic mass is 10.1. The zero-order valence-electron chi connectivity index (χ0n) is 16.9. The smallest absolute Gasteiger partial charge is 0.127 e. The molecule has 1 fully saturated rings. The molecule has 1 aromatic rings. The lowest BCUT2D eigenvalue weighted by Gasteiger charge is -2.27. The summed E-state index contributed by atoms with van der Waals surface area (Å²) in [5.41, 5.74) is 1.09. The molecular formula is C21H36N2O3S. The predicted octanol–water partition coefficient (Wildman–Crippen LogP) is 3.15. The topological polar surface area (TPSA) is 54.0 Å². The van der Waals surface area contributed by atoms with Crippen LogP contribution in [0.15, 0.2) is 18.2 Å². The Balaban J connectivity index is 1.85. The van der Waals surface area contributed by atoms with Crippen molar-refractivity contribution >= 4 is 11.8 Å². The molecule has 0 saturated carbocycles. The van der Waals surface area contributed by atoms with Gasteiger partial charge < -0.3 is 24.8 Å². The van der Waals surface area contributed by atoms with Crippen molar-refractivity contribution in [2.45, 2.75) is 44.8 Å². The Morgan fingerprint density at radius 1 is 1.19 bits per heavy atom. The van der Waals surface area contributed by atoms with E-state index in [0.29, 0.717) is 13.2 Å². The van der Waals surface area contributed by atoms with Gasteiger partial charge in [-0.25, -0.2) is 0 Å². The van der Waals surface area contributed by atoms with Gasteiger partial charge in [-0.3, -0.25) is 0 Å². The first-order chi connectivity index (χ1) is 13.2. The Morgan fingerprint density at radius 3 is 2.63 bits per heavy atom. The number of benzene rings is 1. The number of hydrogen-bond donors (Lipinski definition) is 2. The standard InChI is InChI=1S/C21H36N2O3S/c1-25-20-9-8-18(15-22-10-13-27-2)21(14-20)26-17-19(24)16-23-11-6-4-3-5-7-12-23/h8-9,14,19,22,24H,3-7,10-13,15-17H2,1-2H3/t19-/m1/s1. The molecule has 154 valence electrons. The molecule has 0 spiro atoms. The molecule has 2 rings (SSSR count). The van der Waals surface area contributed by atoms with Crippen molar-refractivity contribution in [3.8, 4) is 11.5 Å². The van der Waals surface area contributed by atoms with Crippen LogP contribution in [0.5, 0.6) is 11.5 Å². The second-order valence-corrected chi connectivity index (χ2v) is 8.16. The van der Waals surface area contributed by atoms with Crippen LogP contribution in [0.4, 0.5) is 0 Å². The molecule has 1 aliphatic rings. The highest BCUT2D eigenvalue weighted by molar-refractivity contribution is 7.98. The van der Waals surface area contributed by atoms with Crippen molar-refractivity contribution in [1.82, 2.24) is 10.2 Å². The fourth-order valence-electron chi connectivity index (χ4n) is 3.37. The Hall–Kier alpha value is -0.950. The van der Waals surface area contributed by atoms with E-state index >= 15 is 0 Å². The predicted molar refractivity (Wildman–Crippen MR) is 114 cm³/mol. The molecule has 1 aliphatic heterocycles. The van der Waals surface area contributed by atoms with E-state index in [4.69, 9.17) is 9.47 Å². The molecule has 5 nitrogen and oxygen atoms in total. The molecule has 0 unspecified atom stereocenters. The van der Waals surface area contributed by atoms with Gasteiger partial charge >= 0.3 is 0 Å². The van der Waals surface area contributed by atoms with Gasteiger partial charge in [0, 0.05) is 37.0 Å². The average molecular weight is 397 g/mol. The molecule has 0 amide bonds. The molecule has 27 heavy (non-hydrogen) atoms. The van der Waals surface area contributed by atoms with E-state index in [1.165, 1.54) is 32.1 Å². The van der Waals surface area contributed by atoms with Gasteiger partial charge in [-0.05, 0) is 38.3 Å². The van der Waals surface area contributed by atoms with Crippen LogP contribution in [0.2, 0.25) is 0 Å². The largest absolute Gasteiger partial charge is 0.497 e. The van der Waals surface area contributed by atoms with Gasteiger partial charge in [0.1, 0.15) is 24.2 Å². The highest BCUT2D eigenvalue weighted by atomic mass is 32.2. The number of methoxy groups -OCH3 is 1. The van der Waals surface area contributed by atoms with Gasteiger partial charge in [0.05, 0.1) is 7.11 Å². The summed E-state index contributed by atoms with van der Waals surface area (Å²) in [6.45, 7) is 4.88. The average Bonchev–Trinajstić information content (AvgIpc) is 2.66. The number of aliphatic hydroxyl groups excluding tert-OH is 1. The zero-order valence-corrected chi connectivity index (χ0v) is 17.7. The third-order valence-corrected chi connectivity index (χ3v) is 5.53. The minimum absolute atomic E-state index is 0.307. The van der Waals surface area contributed by atoms with E-state index in [2.05, 4.69) is 16.5 Å². The number of nitrogens with one attached hydrogen (secondary N) is 1. The normalized spacial score (nSPS) is 17.1. The molecule has 1 aromatic carbocycles. The third-order valence-electron chi connectivity index (χ3n) is 4.92. The highest BCUT2D eigenvalue weighted by Crippen LogP contribution is 2.25. The summed E-state index contributed by atoms with van der Waals surface area (Å²) in [6, 6.07) is 5.90. The lowest BCUT2D eigenvalue weighted by molar-refractivity contribution is 0.0650. The van der Waals surface area contributed by atoms with Gasteiger partial charge in [0.25, 0.3) is 0 Å². The number of likely N-dealkylation sites (tertiary alicyclic amines) is 1. The number of thioether (sulfide) groups is 1. The summed E-state index contributed by atoms with van der Waals surface area (Å²) < 4.78 is 11.3. The van der Waals surface area contributed by atoms with Crippen LogP contribution in [-0.4, -0.2) is 68.0 Å². The van der Waals surface area contributed by atoms with Gasteiger partial charge in [-0.15, -0.1) is 0 Å². The summed E-state index contributed by atoms with van der Waals surface area (Å²) in [5, 5.41) is 13.9. The zero-order chi connectivity index (χ0) is 19.3. The van der Waals surface area contributed by atoms with Crippen LogP contribution in [-0.2, 0) is 6.54 Å². The Bertz CT molecular complexity index is 522. The second kappa shape index (κ2) is 13.3. The van der Waals surface area contributed by atoms with Gasteiger partial charge in [-0.2, -0.15) is 11.8 Å². The fraction of sp³-hybridized carbons (Fsp3) is 0.714. The number of β-amino-alcohol motifs (C(OH)–C–C–N with tert-alkyl or cyclic N) is 1. The summed E-state index contributed by atoms with van der Waals surface area (Å²) in [6.07, 6.45) is 8.05. The quantitative estimate of drug-likeness (QED) is 0.561. The Morgan fingerprint density at radius 2 is 1.93 bits per heavy atom. The number of hydrogen-bond acceptors (Lipinski definition) is 6. The van der Waals surface area contributed by atoms with Crippen molar-refractivity contribution in [2.24, 2.45) is 0 Å². The van der Waals surface area contributed by atoms with Gasteiger partial charge in [0.2, 0.25) is 0 Å². The molecule has 1 saturated heterocycles. The fourth-order valence-corrected chi connectivity index (χ4v) is 3.72. The van der Waals surface area contributed by atoms with Crippen molar-refractivity contribution in [2.75, 3.05) is 51.9 Å². The molecule has 0 aliphatic carbocycles. The van der Waals surface area contributed by atoms with Crippen molar-refractivity contribution in [3.63, 3.8) is 0 Å². The first-order valence-corrected chi connectivity index (χ1v) is 11.5. The van der Waals surface area contributed by atoms with Crippen LogP contribution in [0.1, 0.15) is 37.7 Å². The molecule has 1 heterocycles. The van der Waals surface area contributed by atoms with Crippen molar-refractivity contribution in [1.29, 1.82) is 0 Å². The van der Waals surface area contributed by atoms with Crippen molar-refractivity contribution in [3.05, 3.63) is 23.8 Å². The monoisotopic (exact) mass is 396 g/mol. The Labute approximate surface area is 168 Å². The van der Waals surface area contributed by atoms with E-state index in [1.807, 2.05) is 30.0 Å². The van der Waals surface area contributed by atoms with Gasteiger partial charge in [0.15, 0.2) is 0 Å². The summed E-state index contributed by atoms with van der Waals surface area (Å²) in [7, 11) is 1.66. The van der Waals surface area contributed by atoms with Crippen LogP contribution < -0.4 is 14.8 Å². The summed E-state index contributed by atoms with van der Waals surface area (Å²) in [5.74, 6) is 2.65. The summed E-state index contributed by atoms with van der Waals surface area (Å²) in [4.78, 5) is 2.38. The van der Waals surface area contributed by atoms with E-state index < -0.39 is 6.10 Å². The molecule has 0 aromatic heterocycles. The maximum atomic E-state index is 10.5. The second-order valence-electron chi connectivity index (χ2n) is 7.18. The van der Waals surface area contributed by atoms with E-state index in [-0.39, 0.29) is 0 Å². The first-order valence-electron chi connectivity index (χ1n) is 10.1. The van der Waals surface area contributed by atoms with Gasteiger partial charge in [-0.1, -0.05) is 25.3 Å². The molecule has 2 N–H and O–H groups in total. The number of ether oxygens (including phenoxy) is 2. The number of nitrogens with zero attached hydrogens (tertiary/aromatic N) is 1. The van der Waals surface area contributed by atoms with Crippen molar-refractivity contribution < 1.29 is 14.6 Å². The third kappa shape index (κ3) is 8.73. The van der Waals surface area contributed by atoms with Crippen LogP contribution >= 0.6 is 11.8 Å². The van der Waals surface area contributed by atoms with Crippen LogP contribution in [0, 0.1) is 0 Å². The first kappa shape index (κ1) is 22.3. The van der Waals surface area contributed by atoms with E-state index in [1.54, 1.807) is 7.11 Å². The number of aliphatic hydroxyl groups is 1. The molecule has 6 heteroatoms. The minimum atomic E-state index is -0.479. The van der Waals surface area contributed by atoms with Crippen LogP contribution in [0.3, 0.4) is 0 Å². The maximum Gasteiger partial charge on any atom is 0.127 e. The van der Waals surface area contributed by atoms with E-state index in [9.17, 15) is 5.11 Å². The van der Waals surface area contributed by atoms with E-state index in [0.717, 1.165) is 49.0 Å². The minimum Gasteiger partial charge on any atom is -0.497 e. The Kier molecular flexibility index (Phi) is 11.0.